The van der Waals surface area contributed by atoms with Crippen molar-refractivity contribution in [1.82, 2.24) is 14.9 Å². The first-order chi connectivity index (χ1) is 20.8. The van der Waals surface area contributed by atoms with Gasteiger partial charge in [-0.25, -0.2) is 0 Å². The second-order valence-electron chi connectivity index (χ2n) is 9.61. The van der Waals surface area contributed by atoms with Gasteiger partial charge < -0.3 is 0 Å². The zero-order valence-electron chi connectivity index (χ0n) is 24.7. The van der Waals surface area contributed by atoms with Gasteiger partial charge in [-0.1, -0.05) is 0 Å². The van der Waals surface area contributed by atoms with E-state index in [0.717, 1.165) is 39.6 Å². The summed E-state index contributed by atoms with van der Waals surface area (Å²) in [5, 5.41) is 0. The fraction of sp³-hybridized carbons (Fsp3) is 0.0909. The third-order valence-corrected chi connectivity index (χ3v) is 9.29. The van der Waals surface area contributed by atoms with Crippen LogP contribution in [0.4, 0.5) is 22.9 Å². The van der Waals surface area contributed by atoms with E-state index in [2.05, 4.69) is 53.2 Å². The van der Waals surface area contributed by atoms with Gasteiger partial charge in [-0.15, -0.1) is 0 Å². The summed E-state index contributed by atoms with van der Waals surface area (Å²) in [4.78, 5) is 14.8. The number of aromatic nitrogens is 2. The normalized spacial score (nSPS) is 15.2. The molecule has 2 aliphatic rings. The summed E-state index contributed by atoms with van der Waals surface area (Å²) in [6.45, 7) is 0.184. The van der Waals surface area contributed by atoms with Gasteiger partial charge >= 0.3 is 241 Å². The van der Waals surface area contributed by atoms with Crippen molar-refractivity contribution in [2.24, 2.45) is 0 Å². The predicted molar refractivity (Wildman–Crippen MR) is 163 cm³/mol. The van der Waals surface area contributed by atoms with Gasteiger partial charge in [0.05, 0.1) is 0 Å². The van der Waals surface area contributed by atoms with Crippen molar-refractivity contribution in [3.05, 3.63) is 121 Å². The molecule has 2 aromatic heterocycles. The quantitative estimate of drug-likeness (QED) is 0.234. The Morgan fingerprint density at radius 3 is 2.58 bits per heavy atom. The molecule has 0 unspecified atom stereocenters. The number of anilines is 4. The van der Waals surface area contributed by atoms with Crippen LogP contribution in [0.3, 0.4) is 0 Å². The number of nitrogens with zero attached hydrogens (tertiary/aromatic N) is 5. The Hall–Kier alpha value is -4.58. The summed E-state index contributed by atoms with van der Waals surface area (Å²) in [7, 11) is 0. The van der Waals surface area contributed by atoms with Crippen molar-refractivity contribution in [3.63, 3.8) is 0 Å². The van der Waals surface area contributed by atoms with Gasteiger partial charge in [0.2, 0.25) is 0 Å². The van der Waals surface area contributed by atoms with Crippen molar-refractivity contribution in [2.75, 3.05) is 23.4 Å². The average Bonchev–Trinajstić information content (AvgIpc) is 3.52. The molecule has 0 atom stereocenters. The molecule has 6 nitrogen and oxygen atoms in total. The Kier molecular flexibility index (Phi) is 5.42. The molecule has 0 N–H and O–H groups in total. The van der Waals surface area contributed by atoms with Crippen LogP contribution in [0, 0.1) is 6.92 Å². The minimum atomic E-state index is -2.18. The molecule has 0 saturated heterocycles. The van der Waals surface area contributed by atoms with Crippen molar-refractivity contribution in [1.29, 1.82) is 0 Å². The van der Waals surface area contributed by atoms with Crippen LogP contribution in [-0.4, -0.2) is 43.5 Å². The monoisotopic (exact) mass is 592 g/mol. The van der Waals surface area contributed by atoms with Crippen LogP contribution in [0.25, 0.3) is 11.1 Å². The number of rotatable bonds is 5. The molecule has 196 valence electrons. The number of hydrogen-bond donors (Lipinski definition) is 0. The van der Waals surface area contributed by atoms with Crippen LogP contribution in [0.2, 0.25) is 0 Å². The van der Waals surface area contributed by atoms with Crippen LogP contribution in [0.1, 0.15) is 9.68 Å². The molecule has 2 aliphatic heterocycles. The molecule has 7 rings (SSSR count). The maximum absolute atomic E-state index is 7.68. The van der Waals surface area contributed by atoms with Crippen LogP contribution < -0.4 is 23.5 Å². The van der Waals surface area contributed by atoms with E-state index in [-0.39, 0.29) is 21.6 Å². The summed E-state index contributed by atoms with van der Waals surface area (Å²) < 4.78 is 31.9. The summed E-state index contributed by atoms with van der Waals surface area (Å²) in [6.07, 6.45) is 9.06. The topological polar surface area (TPSA) is 44.7 Å². The number of fused-ring (bicyclic) bond motifs is 2. The van der Waals surface area contributed by atoms with E-state index < -0.39 is 6.98 Å². The molecule has 0 bridgehead atoms. The van der Waals surface area contributed by atoms with Gasteiger partial charge in [-0.2, -0.15) is 0 Å². The second kappa shape index (κ2) is 10.2. The van der Waals surface area contributed by atoms with E-state index in [0.29, 0.717) is 11.5 Å². The van der Waals surface area contributed by atoms with Gasteiger partial charge in [-0.05, 0) is 0 Å². The van der Waals surface area contributed by atoms with Gasteiger partial charge in [-0.3, -0.25) is 0 Å². The Balaban J connectivity index is 1.21. The Labute approximate surface area is 244 Å². The number of aryl methyl sites for hydroxylation is 1. The van der Waals surface area contributed by atoms with E-state index in [9.17, 15) is 0 Å². The first-order valence-electron chi connectivity index (χ1n) is 14.4. The standard InChI is InChI=1S/C33H27N5OSe/c1-23-17-33(35-20-28(23)24-7-4-3-5-8-24)38-29-19-27(11-12-31(29)40-32-13-14-34-21-30(32)38)39-26-10-6-9-25(18-26)37-16-15-36(2)22-37/h3-21H,22H2,1-2H3/i2D3. The van der Waals surface area contributed by atoms with E-state index in [1.54, 1.807) is 12.4 Å². The van der Waals surface area contributed by atoms with Gasteiger partial charge in [0.15, 0.2) is 0 Å². The molecular weight excluding hydrogens is 561 g/mol. The number of benzene rings is 3. The molecule has 4 heterocycles. The molecule has 3 aromatic carbocycles. The summed E-state index contributed by atoms with van der Waals surface area (Å²) in [5.74, 6) is 2.18. The molecule has 0 radical (unpaired) electrons. The maximum atomic E-state index is 7.68. The molecule has 7 heteroatoms. The zero-order chi connectivity index (χ0) is 29.6. The Morgan fingerprint density at radius 1 is 0.850 bits per heavy atom. The predicted octanol–water partition coefficient (Wildman–Crippen LogP) is 5.86. The fourth-order valence-corrected chi connectivity index (χ4v) is 7.09. The zero-order valence-corrected chi connectivity index (χ0v) is 23.4. The SMILES string of the molecule is [2H]C([2H])([2H])N1C=CN(c2cccc(Oc3ccc4c(c3)N(c3cc(C)c(-c5ccccc5)cn3)c3cnccc3[Se]4)c2)C1. The number of ether oxygens (including phenoxy) is 1. The number of pyridine rings is 2. The van der Waals surface area contributed by atoms with Crippen molar-refractivity contribution >= 4 is 46.8 Å². The van der Waals surface area contributed by atoms with Gasteiger partial charge in [0, 0.05) is 4.11 Å². The van der Waals surface area contributed by atoms with E-state index in [1.165, 1.54) is 13.8 Å². The molecule has 0 fully saturated rings. The van der Waals surface area contributed by atoms with Gasteiger partial charge in [0.1, 0.15) is 0 Å². The minimum absolute atomic E-state index is 0.0955. The van der Waals surface area contributed by atoms with E-state index in [1.807, 2.05) is 72.0 Å². The Bertz CT molecular complexity index is 1850. The summed E-state index contributed by atoms with van der Waals surface area (Å²) in [6, 6.07) is 28.4. The van der Waals surface area contributed by atoms with Gasteiger partial charge in [0.25, 0.3) is 0 Å². The van der Waals surface area contributed by atoms with Crippen molar-refractivity contribution in [3.8, 4) is 22.6 Å². The first-order valence-corrected chi connectivity index (χ1v) is 14.6. The Morgan fingerprint density at radius 2 is 1.73 bits per heavy atom. The molecule has 0 aliphatic carbocycles. The van der Waals surface area contributed by atoms with Crippen LogP contribution >= 0.6 is 0 Å². The van der Waals surface area contributed by atoms with E-state index >= 15 is 0 Å². The third-order valence-electron chi connectivity index (χ3n) is 6.92. The number of hydrogen-bond acceptors (Lipinski definition) is 6. The van der Waals surface area contributed by atoms with Crippen molar-refractivity contribution in [2.45, 2.75) is 6.92 Å². The van der Waals surface area contributed by atoms with E-state index in [4.69, 9.17) is 13.8 Å². The fourth-order valence-electron chi connectivity index (χ4n) is 4.98. The average molecular weight is 592 g/mol. The summed E-state index contributed by atoms with van der Waals surface area (Å²) >= 11 is 0.0955. The van der Waals surface area contributed by atoms with Crippen molar-refractivity contribution < 1.29 is 8.85 Å². The molecule has 0 amide bonds. The van der Waals surface area contributed by atoms with Crippen LogP contribution in [0.15, 0.2) is 116 Å². The second-order valence-corrected chi connectivity index (χ2v) is 11.9. The molecule has 0 saturated carbocycles. The molecule has 0 spiro atoms. The van der Waals surface area contributed by atoms with Crippen LogP contribution in [-0.2, 0) is 0 Å². The molecule has 40 heavy (non-hydrogen) atoms. The molecular formula is C33H27N5OSe. The van der Waals surface area contributed by atoms with Crippen LogP contribution in [0.5, 0.6) is 11.5 Å². The first kappa shape index (κ1) is 21.3. The summed E-state index contributed by atoms with van der Waals surface area (Å²) in [5.41, 5.74) is 6.26. The molecule has 5 aromatic rings. The third kappa shape index (κ3) is 4.60.